The smallest absolute Gasteiger partial charge is 0.163 e. The van der Waals surface area contributed by atoms with Gasteiger partial charge in [0, 0.05) is 13.0 Å². The molecule has 0 aromatic carbocycles. The molecule has 0 amide bonds. The Bertz CT molecular complexity index is 253. The van der Waals surface area contributed by atoms with Crippen molar-refractivity contribution in [1.29, 1.82) is 0 Å². The molecule has 0 aliphatic heterocycles. The monoisotopic (exact) mass is 267 g/mol. The first-order chi connectivity index (χ1) is 8.36. The van der Waals surface area contributed by atoms with E-state index in [2.05, 4.69) is 11.1 Å². The van der Waals surface area contributed by atoms with E-state index < -0.39 is 36.4 Å². The number of aliphatic hydroxyl groups excluding tert-OH is 5. The number of quaternary nitrogens is 1. The SMILES string of the molecule is CCC(=O)C(O)C(O)C(O)C(O)C(O)NCC[NH3+]. The molecule has 0 saturated heterocycles. The third kappa shape index (κ3) is 4.94. The number of hydrogen-bond acceptors (Lipinski definition) is 7. The van der Waals surface area contributed by atoms with Gasteiger partial charge in [-0.15, -0.1) is 0 Å². The minimum Gasteiger partial charge on any atom is -0.387 e. The first-order valence-corrected chi connectivity index (χ1v) is 5.82. The van der Waals surface area contributed by atoms with Crippen LogP contribution in [-0.4, -0.2) is 75.0 Å². The molecule has 5 atom stereocenters. The molecule has 0 aromatic heterocycles. The van der Waals surface area contributed by atoms with E-state index in [0.29, 0.717) is 13.1 Å². The summed E-state index contributed by atoms with van der Waals surface area (Å²) in [4.78, 5) is 11.1. The maximum Gasteiger partial charge on any atom is 0.163 e. The summed E-state index contributed by atoms with van der Waals surface area (Å²) in [5, 5.41) is 49.8. The van der Waals surface area contributed by atoms with Gasteiger partial charge in [0.25, 0.3) is 0 Å². The van der Waals surface area contributed by atoms with Crippen LogP contribution in [0.4, 0.5) is 0 Å². The molecule has 0 aromatic rings. The normalized spacial score (nSPS) is 19.9. The Morgan fingerprint density at radius 1 is 1.11 bits per heavy atom. The summed E-state index contributed by atoms with van der Waals surface area (Å²) in [6.07, 6.45) is -8.72. The van der Waals surface area contributed by atoms with Crippen LogP contribution in [0.15, 0.2) is 0 Å². The molecule has 0 aliphatic rings. The molecule has 108 valence electrons. The van der Waals surface area contributed by atoms with E-state index >= 15 is 0 Å². The number of aliphatic hydroxyl groups is 5. The van der Waals surface area contributed by atoms with Crippen molar-refractivity contribution in [1.82, 2.24) is 5.32 Å². The molecule has 0 rings (SSSR count). The lowest BCUT2D eigenvalue weighted by molar-refractivity contribution is -0.366. The van der Waals surface area contributed by atoms with Gasteiger partial charge < -0.3 is 31.3 Å². The van der Waals surface area contributed by atoms with Crippen molar-refractivity contribution in [3.8, 4) is 0 Å². The van der Waals surface area contributed by atoms with Gasteiger partial charge in [0.05, 0.1) is 6.54 Å². The second-order valence-electron chi connectivity index (χ2n) is 3.99. The zero-order chi connectivity index (χ0) is 14.3. The number of Topliss-reactive ketones (excluding diaryl/α,β-unsaturated/α-hetero) is 1. The van der Waals surface area contributed by atoms with Crippen LogP contribution in [0.25, 0.3) is 0 Å². The summed E-state index contributed by atoms with van der Waals surface area (Å²) in [5.74, 6) is -0.658. The molecular formula is C10H23N2O6+. The van der Waals surface area contributed by atoms with Crippen molar-refractivity contribution < 1.29 is 36.1 Å². The molecule has 5 unspecified atom stereocenters. The Balaban J connectivity index is 4.43. The zero-order valence-electron chi connectivity index (χ0n) is 10.4. The third-order valence-corrected chi connectivity index (χ3v) is 2.56. The lowest BCUT2D eigenvalue weighted by Crippen LogP contribution is -2.59. The fraction of sp³-hybridized carbons (Fsp3) is 0.900. The lowest BCUT2D eigenvalue weighted by atomic mass is 9.98. The van der Waals surface area contributed by atoms with Gasteiger partial charge in [-0.05, 0) is 0 Å². The van der Waals surface area contributed by atoms with Crippen molar-refractivity contribution in [2.24, 2.45) is 0 Å². The van der Waals surface area contributed by atoms with Gasteiger partial charge in [0.1, 0.15) is 30.6 Å². The number of hydrogen-bond donors (Lipinski definition) is 7. The number of carbonyl (C=O) groups is 1. The van der Waals surface area contributed by atoms with E-state index in [1.165, 1.54) is 6.92 Å². The van der Waals surface area contributed by atoms with Crippen LogP contribution in [0, 0.1) is 0 Å². The summed E-state index contributed by atoms with van der Waals surface area (Å²) in [5.41, 5.74) is 3.51. The van der Waals surface area contributed by atoms with Gasteiger partial charge in [-0.1, -0.05) is 6.92 Å². The minimum absolute atomic E-state index is 0.0106. The van der Waals surface area contributed by atoms with Gasteiger partial charge in [-0.3, -0.25) is 10.1 Å². The molecule has 9 N–H and O–H groups in total. The molecule has 0 radical (unpaired) electrons. The Morgan fingerprint density at radius 3 is 2.11 bits per heavy atom. The van der Waals surface area contributed by atoms with Crippen molar-refractivity contribution >= 4 is 5.78 Å². The van der Waals surface area contributed by atoms with Crippen LogP contribution in [0.2, 0.25) is 0 Å². The first-order valence-electron chi connectivity index (χ1n) is 5.82. The van der Waals surface area contributed by atoms with Crippen LogP contribution in [0.5, 0.6) is 0 Å². The van der Waals surface area contributed by atoms with E-state index in [-0.39, 0.29) is 6.42 Å². The maximum absolute atomic E-state index is 11.1. The van der Waals surface area contributed by atoms with Crippen LogP contribution < -0.4 is 11.1 Å². The summed E-state index contributed by atoms with van der Waals surface area (Å²) < 4.78 is 0. The number of nitrogens with one attached hydrogen (secondary N) is 1. The highest BCUT2D eigenvalue weighted by Crippen LogP contribution is 2.09. The van der Waals surface area contributed by atoms with Crippen LogP contribution in [0.3, 0.4) is 0 Å². The number of ketones is 1. The molecule has 18 heavy (non-hydrogen) atoms. The van der Waals surface area contributed by atoms with Gasteiger partial charge >= 0.3 is 0 Å². The van der Waals surface area contributed by atoms with Crippen LogP contribution in [0.1, 0.15) is 13.3 Å². The van der Waals surface area contributed by atoms with Gasteiger partial charge in [0.2, 0.25) is 0 Å². The van der Waals surface area contributed by atoms with Crippen molar-refractivity contribution in [3.63, 3.8) is 0 Å². The summed E-state index contributed by atoms with van der Waals surface area (Å²) in [7, 11) is 0. The lowest BCUT2D eigenvalue weighted by Gasteiger charge is -2.28. The summed E-state index contributed by atoms with van der Waals surface area (Å²) in [6, 6.07) is 0. The Kier molecular flexibility index (Phi) is 8.20. The van der Waals surface area contributed by atoms with Crippen molar-refractivity contribution in [3.05, 3.63) is 0 Å². The van der Waals surface area contributed by atoms with Crippen molar-refractivity contribution in [2.45, 2.75) is 44.0 Å². The topological polar surface area (TPSA) is 158 Å². The van der Waals surface area contributed by atoms with Gasteiger partial charge in [-0.2, -0.15) is 0 Å². The summed E-state index contributed by atoms with van der Waals surface area (Å²) in [6.45, 7) is 2.25. The van der Waals surface area contributed by atoms with E-state index in [1.807, 2.05) is 0 Å². The molecule has 0 spiro atoms. The van der Waals surface area contributed by atoms with E-state index in [0.717, 1.165) is 0 Å². The predicted octanol–water partition coefficient (Wildman–Crippen LogP) is -4.44. The highest BCUT2D eigenvalue weighted by atomic mass is 16.4. The highest BCUT2D eigenvalue weighted by Gasteiger charge is 2.36. The third-order valence-electron chi connectivity index (χ3n) is 2.56. The second-order valence-corrected chi connectivity index (χ2v) is 3.99. The second kappa shape index (κ2) is 8.48. The fourth-order valence-electron chi connectivity index (χ4n) is 1.35. The molecule has 8 nitrogen and oxygen atoms in total. The minimum atomic E-state index is -1.86. The standard InChI is InChI=1S/C10H22N2O6/c1-2-5(13)6(14)7(15)8(16)9(17)10(18)12-4-3-11/h6-10,12,14-18H,2-4,11H2,1H3/p+1. The molecule has 0 saturated carbocycles. The molecule has 0 heterocycles. The Hall–Kier alpha value is -0.610. The molecule has 0 fully saturated rings. The zero-order valence-corrected chi connectivity index (χ0v) is 10.4. The van der Waals surface area contributed by atoms with E-state index in [1.54, 1.807) is 0 Å². The van der Waals surface area contributed by atoms with Crippen LogP contribution >= 0.6 is 0 Å². The summed E-state index contributed by atoms with van der Waals surface area (Å²) >= 11 is 0. The Morgan fingerprint density at radius 2 is 1.67 bits per heavy atom. The quantitative estimate of drug-likeness (QED) is 0.208. The average molecular weight is 267 g/mol. The molecule has 8 heteroatoms. The van der Waals surface area contributed by atoms with Gasteiger partial charge in [-0.25, -0.2) is 0 Å². The molecule has 0 bridgehead atoms. The predicted molar refractivity (Wildman–Crippen MR) is 61.1 cm³/mol. The van der Waals surface area contributed by atoms with E-state index in [4.69, 9.17) is 0 Å². The average Bonchev–Trinajstić information content (AvgIpc) is 2.40. The van der Waals surface area contributed by atoms with Crippen LogP contribution in [-0.2, 0) is 4.79 Å². The first kappa shape index (κ1) is 17.4. The number of rotatable bonds is 9. The van der Waals surface area contributed by atoms with Gasteiger partial charge in [0.15, 0.2) is 5.78 Å². The molecule has 0 aliphatic carbocycles. The molecular weight excluding hydrogens is 244 g/mol. The fourth-order valence-corrected chi connectivity index (χ4v) is 1.35. The Labute approximate surface area is 105 Å². The highest BCUT2D eigenvalue weighted by molar-refractivity contribution is 5.83. The maximum atomic E-state index is 11.1. The number of carbonyl (C=O) groups excluding carboxylic acids is 1. The van der Waals surface area contributed by atoms with Crippen molar-refractivity contribution in [2.75, 3.05) is 13.1 Å². The largest absolute Gasteiger partial charge is 0.387 e. The van der Waals surface area contributed by atoms with E-state index in [9.17, 15) is 30.3 Å².